The van der Waals surface area contributed by atoms with Crippen molar-refractivity contribution >= 4 is 17.6 Å². The van der Waals surface area contributed by atoms with E-state index in [1.165, 1.54) is 5.56 Å². The number of nitrogens with zero attached hydrogens (tertiary/aromatic N) is 1. The molecule has 1 saturated carbocycles. The first-order chi connectivity index (χ1) is 15.7. The van der Waals surface area contributed by atoms with Gasteiger partial charge in [0.1, 0.15) is 5.78 Å². The van der Waals surface area contributed by atoms with Crippen molar-refractivity contribution < 1.29 is 23.7 Å². The molecule has 6 heteroatoms. The third-order valence-corrected chi connectivity index (χ3v) is 7.33. The van der Waals surface area contributed by atoms with Crippen LogP contribution in [-0.2, 0) is 11.2 Å². The van der Waals surface area contributed by atoms with Gasteiger partial charge in [0.25, 0.3) is 0 Å². The number of hydrogen-bond acceptors (Lipinski definition) is 6. The number of methoxy groups -OCH3 is 2. The number of carbonyl (C=O) groups is 1. The Kier molecular flexibility index (Phi) is 4.56. The molecule has 0 aromatic heterocycles. The highest BCUT2D eigenvalue weighted by Gasteiger charge is 2.43. The first kappa shape index (κ1) is 19.5. The summed E-state index contributed by atoms with van der Waals surface area (Å²) in [4.78, 5) is 15.6. The molecule has 0 spiro atoms. The lowest BCUT2D eigenvalue weighted by Gasteiger charge is -2.46. The minimum Gasteiger partial charge on any atom is -0.493 e. The van der Waals surface area contributed by atoms with Gasteiger partial charge in [-0.1, -0.05) is 12.5 Å². The first-order valence-corrected chi connectivity index (χ1v) is 11.4. The monoisotopic (exact) mass is 433 g/mol. The van der Waals surface area contributed by atoms with Gasteiger partial charge < -0.3 is 23.8 Å². The van der Waals surface area contributed by atoms with Crippen LogP contribution in [-0.4, -0.2) is 38.2 Å². The van der Waals surface area contributed by atoms with Gasteiger partial charge in [0.2, 0.25) is 6.79 Å². The summed E-state index contributed by atoms with van der Waals surface area (Å²) < 4.78 is 22.8. The zero-order valence-corrected chi connectivity index (χ0v) is 18.5. The summed E-state index contributed by atoms with van der Waals surface area (Å²) in [5, 5.41) is 0. The second-order valence-electron chi connectivity index (χ2n) is 8.90. The summed E-state index contributed by atoms with van der Waals surface area (Å²) in [7, 11) is 3.35. The van der Waals surface area contributed by atoms with Gasteiger partial charge in [-0.3, -0.25) is 4.79 Å². The molecular weight excluding hydrogens is 406 g/mol. The quantitative estimate of drug-likeness (QED) is 0.705. The van der Waals surface area contributed by atoms with E-state index in [4.69, 9.17) is 18.9 Å². The van der Waals surface area contributed by atoms with Gasteiger partial charge in [-0.05, 0) is 54.7 Å². The van der Waals surface area contributed by atoms with Crippen molar-refractivity contribution in [3.63, 3.8) is 0 Å². The molecule has 3 heterocycles. The summed E-state index contributed by atoms with van der Waals surface area (Å²) in [6.07, 6.45) is 6.74. The smallest absolute Gasteiger partial charge is 0.231 e. The van der Waals surface area contributed by atoms with Gasteiger partial charge in [0, 0.05) is 35.7 Å². The van der Waals surface area contributed by atoms with Gasteiger partial charge in [-0.25, -0.2) is 0 Å². The Morgan fingerprint density at radius 2 is 1.88 bits per heavy atom. The molecule has 3 aliphatic heterocycles. The molecule has 1 aliphatic carbocycles. The molecule has 0 saturated heterocycles. The van der Waals surface area contributed by atoms with E-state index in [9.17, 15) is 4.79 Å². The number of hydrogen-bond donors (Lipinski definition) is 0. The van der Waals surface area contributed by atoms with Gasteiger partial charge in [-0.2, -0.15) is 0 Å². The van der Waals surface area contributed by atoms with Crippen molar-refractivity contribution in [1.82, 2.24) is 4.90 Å². The molecule has 0 bridgehead atoms. The van der Waals surface area contributed by atoms with Crippen LogP contribution in [0.15, 0.2) is 24.3 Å². The molecule has 1 fully saturated rings. The van der Waals surface area contributed by atoms with Crippen molar-refractivity contribution in [3.8, 4) is 23.0 Å². The third kappa shape index (κ3) is 2.81. The minimum atomic E-state index is -0.0681. The maximum Gasteiger partial charge on any atom is 0.231 e. The number of rotatable bonds is 3. The van der Waals surface area contributed by atoms with Crippen LogP contribution in [0.5, 0.6) is 23.0 Å². The molecule has 2 aromatic carbocycles. The molecule has 166 valence electrons. The molecule has 32 heavy (non-hydrogen) atoms. The topological polar surface area (TPSA) is 57.2 Å². The van der Waals surface area contributed by atoms with E-state index in [1.54, 1.807) is 14.2 Å². The molecule has 2 atom stereocenters. The summed E-state index contributed by atoms with van der Waals surface area (Å²) in [6, 6.07) is 8.18. The Labute approximate surface area is 187 Å². The fraction of sp³-hybridized carbons (Fsp3) is 0.423. The Bertz CT molecular complexity index is 1140. The van der Waals surface area contributed by atoms with Crippen LogP contribution in [0.4, 0.5) is 0 Å². The van der Waals surface area contributed by atoms with E-state index in [0.29, 0.717) is 18.0 Å². The predicted octanol–water partition coefficient (Wildman–Crippen LogP) is 4.60. The summed E-state index contributed by atoms with van der Waals surface area (Å²) in [6.45, 7) is 1.10. The Morgan fingerprint density at radius 3 is 2.66 bits per heavy atom. The predicted molar refractivity (Wildman–Crippen MR) is 120 cm³/mol. The molecule has 0 radical (unpaired) electrons. The highest BCUT2D eigenvalue weighted by Crippen LogP contribution is 2.53. The lowest BCUT2D eigenvalue weighted by molar-refractivity contribution is -0.126. The number of ketones is 1. The number of benzene rings is 2. The molecule has 2 unspecified atom stereocenters. The maximum atomic E-state index is 13.2. The van der Waals surface area contributed by atoms with E-state index in [0.717, 1.165) is 71.9 Å². The maximum absolute atomic E-state index is 13.2. The van der Waals surface area contributed by atoms with Gasteiger partial charge in [-0.15, -0.1) is 0 Å². The fourth-order valence-electron chi connectivity index (χ4n) is 5.86. The van der Waals surface area contributed by atoms with Crippen LogP contribution in [0.2, 0.25) is 0 Å². The second-order valence-corrected chi connectivity index (χ2v) is 8.90. The van der Waals surface area contributed by atoms with Crippen LogP contribution in [0, 0.1) is 5.92 Å². The van der Waals surface area contributed by atoms with Crippen molar-refractivity contribution in [2.75, 3.05) is 27.6 Å². The summed E-state index contributed by atoms with van der Waals surface area (Å²) in [5.74, 6) is 3.35. The summed E-state index contributed by atoms with van der Waals surface area (Å²) in [5.41, 5.74) is 5.72. The number of ether oxygens (including phenoxy) is 4. The molecule has 0 amide bonds. The second kappa shape index (κ2) is 7.47. The van der Waals surface area contributed by atoms with Crippen LogP contribution >= 0.6 is 0 Å². The SMILES string of the molecule is COc1ccc2c(c1OC)C(C1CCCCC1=O)N1CCc3cc4c(cc3C1=C2)OCO4. The van der Waals surface area contributed by atoms with E-state index in [-0.39, 0.29) is 18.8 Å². The van der Waals surface area contributed by atoms with Crippen LogP contribution in [0.25, 0.3) is 11.8 Å². The normalized spacial score (nSPS) is 23.1. The lowest BCUT2D eigenvalue weighted by Crippen LogP contribution is -2.42. The average molecular weight is 434 g/mol. The molecule has 6 rings (SSSR count). The van der Waals surface area contributed by atoms with Crippen LogP contribution in [0.1, 0.15) is 54.0 Å². The zero-order valence-electron chi connectivity index (χ0n) is 18.5. The zero-order chi connectivity index (χ0) is 21.8. The third-order valence-electron chi connectivity index (χ3n) is 7.33. The molecule has 2 aromatic rings. The number of fused-ring (bicyclic) bond motifs is 5. The van der Waals surface area contributed by atoms with Crippen molar-refractivity contribution in [1.29, 1.82) is 0 Å². The van der Waals surface area contributed by atoms with Crippen molar-refractivity contribution in [2.24, 2.45) is 5.92 Å². The van der Waals surface area contributed by atoms with Crippen molar-refractivity contribution in [3.05, 3.63) is 46.5 Å². The number of Topliss-reactive ketones (excluding diaryl/α,β-unsaturated/α-hetero) is 1. The molecule has 0 N–H and O–H groups in total. The largest absolute Gasteiger partial charge is 0.493 e. The number of carbonyl (C=O) groups excluding carboxylic acids is 1. The Balaban J connectivity index is 1.57. The lowest BCUT2D eigenvalue weighted by atomic mass is 9.75. The van der Waals surface area contributed by atoms with Gasteiger partial charge in [0.05, 0.1) is 20.3 Å². The molecular formula is C26H27NO5. The highest BCUT2D eigenvalue weighted by atomic mass is 16.7. The first-order valence-electron chi connectivity index (χ1n) is 11.4. The highest BCUT2D eigenvalue weighted by molar-refractivity contribution is 5.90. The van der Waals surface area contributed by atoms with E-state index >= 15 is 0 Å². The molecule has 4 aliphatic rings. The van der Waals surface area contributed by atoms with Crippen LogP contribution < -0.4 is 18.9 Å². The average Bonchev–Trinajstić information content (AvgIpc) is 3.28. The fourth-order valence-corrected chi connectivity index (χ4v) is 5.86. The summed E-state index contributed by atoms with van der Waals surface area (Å²) >= 11 is 0. The van der Waals surface area contributed by atoms with Crippen LogP contribution in [0.3, 0.4) is 0 Å². The Hall–Kier alpha value is -3.15. The Morgan fingerprint density at radius 1 is 1.03 bits per heavy atom. The van der Waals surface area contributed by atoms with Gasteiger partial charge in [0.15, 0.2) is 23.0 Å². The molecule has 6 nitrogen and oxygen atoms in total. The van der Waals surface area contributed by atoms with Gasteiger partial charge >= 0.3 is 0 Å². The van der Waals surface area contributed by atoms with E-state index < -0.39 is 0 Å². The van der Waals surface area contributed by atoms with E-state index in [2.05, 4.69) is 29.2 Å². The van der Waals surface area contributed by atoms with E-state index in [1.807, 2.05) is 6.07 Å². The van der Waals surface area contributed by atoms with Crippen molar-refractivity contribution in [2.45, 2.75) is 38.1 Å². The standard InChI is InChI=1S/C26H27NO5/c1-29-21-8-7-16-11-19-18-13-23-22(31-14-32-23)12-15(18)9-10-27(19)25(24(16)26(21)30-2)17-5-3-4-6-20(17)28/h7-8,11-13,17,25H,3-6,9-10,14H2,1-2H3. The minimum absolute atomic E-state index is 0.0530.